The Kier molecular flexibility index (Phi) is 6.21. The van der Waals surface area contributed by atoms with E-state index in [-0.39, 0.29) is 12.3 Å². The fourth-order valence-electron chi connectivity index (χ4n) is 3.69. The summed E-state index contributed by atoms with van der Waals surface area (Å²) in [4.78, 5) is 21.6. The molecule has 1 aliphatic rings. The number of hydrogen-bond acceptors (Lipinski definition) is 5. The number of nitrogens with zero attached hydrogens (tertiary/aromatic N) is 4. The molecule has 0 saturated carbocycles. The van der Waals surface area contributed by atoms with E-state index < -0.39 is 0 Å². The molecule has 3 aromatic rings. The van der Waals surface area contributed by atoms with E-state index in [0.717, 1.165) is 38.2 Å². The van der Waals surface area contributed by atoms with E-state index >= 15 is 0 Å². The van der Waals surface area contributed by atoms with E-state index in [4.69, 9.17) is 9.68 Å². The molecule has 0 aliphatic carbocycles. The van der Waals surface area contributed by atoms with Crippen LogP contribution in [0.2, 0.25) is 0 Å². The maximum absolute atomic E-state index is 12.8. The van der Waals surface area contributed by atoms with Crippen molar-refractivity contribution in [1.82, 2.24) is 14.8 Å². The van der Waals surface area contributed by atoms with E-state index in [1.54, 1.807) is 6.26 Å². The van der Waals surface area contributed by atoms with Crippen LogP contribution in [0.15, 0.2) is 65.3 Å². The first-order valence-electron chi connectivity index (χ1n) is 10.2. The number of amides is 1. The predicted molar refractivity (Wildman–Crippen MR) is 113 cm³/mol. The summed E-state index contributed by atoms with van der Waals surface area (Å²) in [5.74, 6) is 0.631. The van der Waals surface area contributed by atoms with Crippen LogP contribution in [-0.2, 0) is 17.8 Å². The summed E-state index contributed by atoms with van der Waals surface area (Å²) >= 11 is 0. The van der Waals surface area contributed by atoms with Gasteiger partial charge in [-0.2, -0.15) is 5.26 Å². The van der Waals surface area contributed by atoms with Gasteiger partial charge < -0.3 is 9.32 Å². The topological polar surface area (TPSA) is 73.4 Å². The molecule has 1 aliphatic heterocycles. The van der Waals surface area contributed by atoms with E-state index in [1.165, 1.54) is 5.56 Å². The van der Waals surface area contributed by atoms with Gasteiger partial charge in [0.25, 0.3) is 0 Å². The fourth-order valence-corrected chi connectivity index (χ4v) is 3.69. The summed E-state index contributed by atoms with van der Waals surface area (Å²) in [6, 6.07) is 19.5. The second kappa shape index (κ2) is 9.38. The Morgan fingerprint density at radius 3 is 2.60 bits per heavy atom. The number of hydrogen-bond donors (Lipinski definition) is 0. The number of carbonyl (C=O) groups is 1. The molecule has 1 amide bonds. The highest BCUT2D eigenvalue weighted by Gasteiger charge is 2.20. The minimum Gasteiger partial charge on any atom is -0.444 e. The van der Waals surface area contributed by atoms with E-state index in [1.807, 2.05) is 59.5 Å². The molecule has 0 atom stereocenters. The molecule has 0 unspecified atom stereocenters. The molecule has 6 heteroatoms. The van der Waals surface area contributed by atoms with Gasteiger partial charge in [-0.25, -0.2) is 4.98 Å². The lowest BCUT2D eigenvalue weighted by molar-refractivity contribution is -0.130. The number of oxazole rings is 1. The van der Waals surface area contributed by atoms with Gasteiger partial charge in [-0.15, -0.1) is 0 Å². The van der Waals surface area contributed by atoms with Gasteiger partial charge in [0.15, 0.2) is 0 Å². The first-order valence-corrected chi connectivity index (χ1v) is 10.2. The van der Waals surface area contributed by atoms with Crippen molar-refractivity contribution in [1.29, 1.82) is 5.26 Å². The maximum Gasteiger partial charge on any atom is 0.228 e. The summed E-state index contributed by atoms with van der Waals surface area (Å²) < 4.78 is 5.55. The molecule has 4 rings (SSSR count). The van der Waals surface area contributed by atoms with Gasteiger partial charge >= 0.3 is 0 Å². The Hall–Kier alpha value is -3.43. The Balaban J connectivity index is 1.31. The molecule has 0 radical (unpaired) electrons. The molecule has 2 heterocycles. The van der Waals surface area contributed by atoms with Crippen LogP contribution in [-0.4, -0.2) is 46.9 Å². The van der Waals surface area contributed by atoms with Gasteiger partial charge in [-0.3, -0.25) is 9.69 Å². The second-order valence-corrected chi connectivity index (χ2v) is 7.51. The van der Waals surface area contributed by atoms with E-state index in [2.05, 4.69) is 16.0 Å². The van der Waals surface area contributed by atoms with Gasteiger partial charge in [-0.05, 0) is 36.2 Å². The molecular weight excluding hydrogens is 376 g/mol. The Morgan fingerprint density at radius 1 is 1.03 bits per heavy atom. The van der Waals surface area contributed by atoms with Crippen molar-refractivity contribution in [2.24, 2.45) is 0 Å². The highest BCUT2D eigenvalue weighted by molar-refractivity contribution is 5.78. The van der Waals surface area contributed by atoms with Crippen LogP contribution in [0.4, 0.5) is 0 Å². The van der Waals surface area contributed by atoms with Crippen molar-refractivity contribution < 1.29 is 9.21 Å². The predicted octanol–water partition coefficient (Wildman–Crippen LogP) is 3.49. The first kappa shape index (κ1) is 19.9. The molecule has 0 bridgehead atoms. The zero-order chi connectivity index (χ0) is 20.8. The SMILES string of the molecule is N#Cc1ccc(CN2CCCN(C(=O)Cc3coc(-c4ccccc4)n3)CC2)cc1. The van der Waals surface area contributed by atoms with Crippen LogP contribution in [0.25, 0.3) is 11.5 Å². The molecule has 1 aromatic heterocycles. The lowest BCUT2D eigenvalue weighted by Crippen LogP contribution is -2.36. The summed E-state index contributed by atoms with van der Waals surface area (Å²) in [6.07, 6.45) is 2.78. The van der Waals surface area contributed by atoms with Crippen molar-refractivity contribution in [3.63, 3.8) is 0 Å². The van der Waals surface area contributed by atoms with Crippen LogP contribution in [0.5, 0.6) is 0 Å². The van der Waals surface area contributed by atoms with Gasteiger partial charge in [0.2, 0.25) is 11.8 Å². The number of benzene rings is 2. The van der Waals surface area contributed by atoms with E-state index in [9.17, 15) is 4.79 Å². The monoisotopic (exact) mass is 400 g/mol. The zero-order valence-corrected chi connectivity index (χ0v) is 16.8. The fraction of sp³-hybridized carbons (Fsp3) is 0.292. The highest BCUT2D eigenvalue weighted by atomic mass is 16.3. The van der Waals surface area contributed by atoms with E-state index in [0.29, 0.717) is 23.7 Å². The largest absolute Gasteiger partial charge is 0.444 e. The molecule has 6 nitrogen and oxygen atoms in total. The molecule has 152 valence electrons. The van der Waals surface area contributed by atoms with Crippen molar-refractivity contribution in [3.05, 3.63) is 77.7 Å². The summed E-state index contributed by atoms with van der Waals surface area (Å²) in [5.41, 5.74) is 3.43. The molecule has 30 heavy (non-hydrogen) atoms. The van der Waals surface area contributed by atoms with Crippen LogP contribution < -0.4 is 0 Å². The average molecular weight is 400 g/mol. The molecule has 0 N–H and O–H groups in total. The number of rotatable bonds is 5. The Morgan fingerprint density at radius 2 is 1.83 bits per heavy atom. The van der Waals surface area contributed by atoms with Crippen LogP contribution in [0.3, 0.4) is 0 Å². The highest BCUT2D eigenvalue weighted by Crippen LogP contribution is 2.19. The quantitative estimate of drug-likeness (QED) is 0.655. The third-order valence-corrected chi connectivity index (χ3v) is 5.34. The minimum atomic E-state index is 0.0862. The Bertz CT molecular complexity index is 1020. The first-order chi connectivity index (χ1) is 14.7. The molecule has 2 aromatic carbocycles. The third kappa shape index (κ3) is 4.94. The van der Waals surface area contributed by atoms with Crippen molar-refractivity contribution in [3.8, 4) is 17.5 Å². The maximum atomic E-state index is 12.8. The van der Waals surface area contributed by atoms with Crippen LogP contribution in [0, 0.1) is 11.3 Å². The molecular formula is C24H24N4O2. The molecule has 0 spiro atoms. The minimum absolute atomic E-state index is 0.0862. The van der Waals surface area contributed by atoms with Crippen molar-refractivity contribution in [2.45, 2.75) is 19.4 Å². The van der Waals surface area contributed by atoms with Gasteiger partial charge in [0.05, 0.1) is 23.7 Å². The summed E-state index contributed by atoms with van der Waals surface area (Å²) in [5, 5.41) is 8.93. The third-order valence-electron chi connectivity index (χ3n) is 5.34. The lowest BCUT2D eigenvalue weighted by atomic mass is 10.1. The Labute approximate surface area is 176 Å². The number of aromatic nitrogens is 1. The molecule has 1 saturated heterocycles. The number of carbonyl (C=O) groups excluding carboxylic acids is 1. The van der Waals surface area contributed by atoms with Gasteiger partial charge in [0, 0.05) is 38.3 Å². The normalized spacial score (nSPS) is 14.8. The smallest absolute Gasteiger partial charge is 0.228 e. The standard InChI is InChI=1S/C24H24N4O2/c25-16-19-7-9-20(10-8-19)17-27-11-4-12-28(14-13-27)23(29)15-22-18-30-24(26-22)21-5-2-1-3-6-21/h1-3,5-10,18H,4,11-15,17H2. The lowest BCUT2D eigenvalue weighted by Gasteiger charge is -2.22. The van der Waals surface area contributed by atoms with Gasteiger partial charge in [0.1, 0.15) is 6.26 Å². The van der Waals surface area contributed by atoms with Crippen LogP contribution >= 0.6 is 0 Å². The average Bonchev–Trinajstić information content (AvgIpc) is 3.12. The molecule has 1 fully saturated rings. The summed E-state index contributed by atoms with van der Waals surface area (Å²) in [6.45, 7) is 4.08. The van der Waals surface area contributed by atoms with Gasteiger partial charge in [-0.1, -0.05) is 30.3 Å². The van der Waals surface area contributed by atoms with Crippen molar-refractivity contribution >= 4 is 5.91 Å². The summed E-state index contributed by atoms with van der Waals surface area (Å²) in [7, 11) is 0. The second-order valence-electron chi connectivity index (χ2n) is 7.51. The zero-order valence-electron chi connectivity index (χ0n) is 16.8. The van der Waals surface area contributed by atoms with Crippen LogP contribution in [0.1, 0.15) is 23.2 Å². The number of nitriles is 1. The van der Waals surface area contributed by atoms with Crippen molar-refractivity contribution in [2.75, 3.05) is 26.2 Å².